The maximum absolute atomic E-state index is 9.87. The highest BCUT2D eigenvalue weighted by Gasteiger charge is 2.25. The van der Waals surface area contributed by atoms with E-state index in [2.05, 4.69) is 11.9 Å². The predicted molar refractivity (Wildman–Crippen MR) is 81.8 cm³/mol. The lowest BCUT2D eigenvalue weighted by atomic mass is 9.89. The third-order valence-corrected chi connectivity index (χ3v) is 4.98. The van der Waals surface area contributed by atoms with Crippen molar-refractivity contribution < 1.29 is 9.90 Å². The van der Waals surface area contributed by atoms with E-state index < -0.39 is 0 Å². The van der Waals surface area contributed by atoms with Crippen molar-refractivity contribution in [2.45, 2.75) is 82.7 Å². The molecule has 0 aromatic heterocycles. The average molecular weight is 279 g/mol. The second kappa shape index (κ2) is 7.82. The Kier molecular flexibility index (Phi) is 6.08. The van der Waals surface area contributed by atoms with E-state index in [0.29, 0.717) is 0 Å². The standard InChI is InChI=1S/C13H25N.C4H4O2/c1-14(12-8-4-2-5-9-12)13-10-6-3-7-11-13;5-3-1-4(6)2-3/h12-13H,2-11H2,1H3;1,5H,2H2. The van der Waals surface area contributed by atoms with Gasteiger partial charge >= 0.3 is 0 Å². The number of carbonyl (C=O) groups is 1. The zero-order valence-corrected chi connectivity index (χ0v) is 12.8. The Morgan fingerprint density at radius 3 is 1.60 bits per heavy atom. The molecule has 0 radical (unpaired) electrons. The number of ketones is 1. The van der Waals surface area contributed by atoms with E-state index in [0.717, 1.165) is 12.1 Å². The van der Waals surface area contributed by atoms with Gasteiger partial charge in [0.2, 0.25) is 0 Å². The molecule has 0 aliphatic heterocycles. The van der Waals surface area contributed by atoms with Crippen molar-refractivity contribution in [1.29, 1.82) is 0 Å². The maximum atomic E-state index is 9.87. The number of rotatable bonds is 2. The van der Waals surface area contributed by atoms with Crippen LogP contribution in [0.4, 0.5) is 0 Å². The molecule has 3 aliphatic carbocycles. The highest BCUT2D eigenvalue weighted by atomic mass is 16.3. The molecule has 3 nitrogen and oxygen atoms in total. The largest absolute Gasteiger partial charge is 0.512 e. The Labute approximate surface area is 123 Å². The van der Waals surface area contributed by atoms with Gasteiger partial charge in [-0.3, -0.25) is 4.79 Å². The fourth-order valence-electron chi connectivity index (χ4n) is 3.61. The minimum atomic E-state index is 0.0208. The van der Waals surface area contributed by atoms with E-state index in [1.54, 1.807) is 0 Å². The summed E-state index contributed by atoms with van der Waals surface area (Å²) in [4.78, 5) is 12.6. The predicted octanol–water partition coefficient (Wildman–Crippen LogP) is 3.98. The van der Waals surface area contributed by atoms with Gasteiger partial charge in [0, 0.05) is 18.2 Å². The molecule has 0 saturated heterocycles. The third kappa shape index (κ3) is 4.62. The molecule has 1 N–H and O–H groups in total. The number of hydrogen-bond donors (Lipinski definition) is 1. The van der Waals surface area contributed by atoms with Crippen LogP contribution in [0.1, 0.15) is 70.6 Å². The first-order chi connectivity index (χ1) is 9.66. The van der Waals surface area contributed by atoms with Gasteiger partial charge in [0.25, 0.3) is 0 Å². The molecule has 3 rings (SSSR count). The van der Waals surface area contributed by atoms with Crippen molar-refractivity contribution in [2.24, 2.45) is 0 Å². The molecule has 0 unspecified atom stereocenters. The topological polar surface area (TPSA) is 40.5 Å². The van der Waals surface area contributed by atoms with Crippen molar-refractivity contribution in [1.82, 2.24) is 4.90 Å². The zero-order chi connectivity index (χ0) is 14.4. The van der Waals surface area contributed by atoms with Gasteiger partial charge < -0.3 is 10.0 Å². The van der Waals surface area contributed by atoms with Crippen molar-refractivity contribution in [3.05, 3.63) is 11.8 Å². The minimum absolute atomic E-state index is 0.0208. The molecule has 0 spiro atoms. The molecule has 2 saturated carbocycles. The number of aliphatic hydroxyl groups is 1. The van der Waals surface area contributed by atoms with Gasteiger partial charge in [-0.15, -0.1) is 0 Å². The summed E-state index contributed by atoms with van der Waals surface area (Å²) in [5.41, 5.74) is 0. The summed E-state index contributed by atoms with van der Waals surface area (Å²) >= 11 is 0. The lowest BCUT2D eigenvalue weighted by Gasteiger charge is -2.39. The van der Waals surface area contributed by atoms with Gasteiger partial charge in [-0.2, -0.15) is 0 Å². The average Bonchev–Trinajstić information content (AvgIpc) is 2.48. The summed E-state index contributed by atoms with van der Waals surface area (Å²) in [7, 11) is 2.38. The fraction of sp³-hybridized carbons (Fsp3) is 0.824. The van der Waals surface area contributed by atoms with Crippen LogP contribution >= 0.6 is 0 Å². The van der Waals surface area contributed by atoms with Gasteiger partial charge in [0.05, 0.1) is 6.42 Å². The monoisotopic (exact) mass is 279 g/mol. The summed E-state index contributed by atoms with van der Waals surface area (Å²) in [5.74, 6) is 0.229. The fourth-order valence-corrected chi connectivity index (χ4v) is 3.61. The maximum Gasteiger partial charge on any atom is 0.166 e. The van der Waals surface area contributed by atoms with Crippen LogP contribution in [0.2, 0.25) is 0 Å². The summed E-state index contributed by atoms with van der Waals surface area (Å²) in [6, 6.07) is 1.85. The van der Waals surface area contributed by atoms with E-state index in [-0.39, 0.29) is 18.0 Å². The number of allylic oxidation sites excluding steroid dienone is 2. The first-order valence-electron chi connectivity index (χ1n) is 8.31. The lowest BCUT2D eigenvalue weighted by Crippen LogP contribution is -2.42. The second-order valence-corrected chi connectivity index (χ2v) is 6.53. The Balaban J connectivity index is 0.000000205. The van der Waals surface area contributed by atoms with Crippen molar-refractivity contribution in [3.63, 3.8) is 0 Å². The number of nitrogens with zero attached hydrogens (tertiary/aromatic N) is 1. The Morgan fingerprint density at radius 1 is 0.950 bits per heavy atom. The smallest absolute Gasteiger partial charge is 0.166 e. The first-order valence-corrected chi connectivity index (χ1v) is 8.31. The van der Waals surface area contributed by atoms with E-state index >= 15 is 0 Å². The SMILES string of the molecule is CN(C1CCCCC1)C1CCCCC1.O=C1C=C(O)C1. The number of carbonyl (C=O) groups excluding carboxylic acids is 1. The van der Waals surface area contributed by atoms with Gasteiger partial charge in [-0.25, -0.2) is 0 Å². The van der Waals surface area contributed by atoms with Crippen LogP contribution in [0.3, 0.4) is 0 Å². The number of hydrogen-bond acceptors (Lipinski definition) is 3. The highest BCUT2D eigenvalue weighted by Crippen LogP contribution is 2.28. The summed E-state index contributed by atoms with van der Waals surface area (Å²) < 4.78 is 0. The molecule has 0 atom stereocenters. The van der Waals surface area contributed by atoms with Crippen LogP contribution < -0.4 is 0 Å². The first kappa shape index (κ1) is 15.6. The van der Waals surface area contributed by atoms with E-state index in [9.17, 15) is 4.79 Å². The van der Waals surface area contributed by atoms with E-state index in [1.165, 1.54) is 70.3 Å². The van der Waals surface area contributed by atoms with Crippen LogP contribution in [-0.2, 0) is 4.79 Å². The summed E-state index contributed by atoms with van der Waals surface area (Å²) in [5, 5.41) is 8.26. The molecule has 0 heterocycles. The van der Waals surface area contributed by atoms with E-state index in [4.69, 9.17) is 5.11 Å². The molecular formula is C17H29NO2. The van der Waals surface area contributed by atoms with E-state index in [1.807, 2.05) is 0 Å². The van der Waals surface area contributed by atoms with Crippen LogP contribution in [0.25, 0.3) is 0 Å². The molecule has 0 aromatic rings. The van der Waals surface area contributed by atoms with Crippen LogP contribution in [0.15, 0.2) is 11.8 Å². The van der Waals surface area contributed by atoms with Gasteiger partial charge in [0.1, 0.15) is 5.76 Å². The molecule has 114 valence electrons. The quantitative estimate of drug-likeness (QED) is 0.831. The zero-order valence-electron chi connectivity index (χ0n) is 12.8. The van der Waals surface area contributed by atoms with Gasteiger partial charge in [0.15, 0.2) is 5.78 Å². The normalized spacial score (nSPS) is 24.7. The van der Waals surface area contributed by atoms with Crippen molar-refractivity contribution in [3.8, 4) is 0 Å². The van der Waals surface area contributed by atoms with Gasteiger partial charge in [-0.05, 0) is 32.7 Å². The van der Waals surface area contributed by atoms with Crippen molar-refractivity contribution >= 4 is 5.78 Å². The molecule has 3 heteroatoms. The summed E-state index contributed by atoms with van der Waals surface area (Å²) in [6.45, 7) is 0. The lowest BCUT2D eigenvalue weighted by molar-refractivity contribution is -0.116. The molecular weight excluding hydrogens is 250 g/mol. The Bertz CT molecular complexity index is 321. The number of aliphatic hydroxyl groups excluding tert-OH is 1. The summed E-state index contributed by atoms with van der Waals surface area (Å²) in [6.07, 6.45) is 16.2. The molecule has 0 bridgehead atoms. The third-order valence-electron chi connectivity index (χ3n) is 4.98. The Hall–Kier alpha value is -0.830. The Morgan fingerprint density at radius 2 is 1.35 bits per heavy atom. The van der Waals surface area contributed by atoms with Crippen LogP contribution in [0, 0.1) is 0 Å². The highest BCUT2D eigenvalue weighted by molar-refractivity contribution is 5.97. The van der Waals surface area contributed by atoms with Crippen LogP contribution in [0.5, 0.6) is 0 Å². The molecule has 0 aromatic carbocycles. The van der Waals surface area contributed by atoms with Crippen molar-refractivity contribution in [2.75, 3.05) is 7.05 Å². The molecule has 0 amide bonds. The second-order valence-electron chi connectivity index (χ2n) is 6.53. The molecule has 3 aliphatic rings. The van der Waals surface area contributed by atoms with Gasteiger partial charge in [-0.1, -0.05) is 38.5 Å². The molecule has 20 heavy (non-hydrogen) atoms. The molecule has 2 fully saturated rings. The van der Waals surface area contributed by atoms with Crippen LogP contribution in [-0.4, -0.2) is 34.9 Å². The minimum Gasteiger partial charge on any atom is -0.512 e.